The quantitative estimate of drug-likeness (QED) is 0.0268. The van der Waals surface area contributed by atoms with Gasteiger partial charge in [-0.3, -0.25) is 14.4 Å². The molecule has 6 heteroatoms. The molecule has 310 valence electrons. The monoisotopic (exact) mass is 747 g/mol. The number of esters is 3. The third-order valence-electron chi connectivity index (χ3n) is 9.96. The first kappa shape index (κ1) is 50.9. The Morgan fingerprint density at radius 1 is 0.377 bits per heavy atom. The third-order valence-corrected chi connectivity index (χ3v) is 9.96. The van der Waals surface area contributed by atoms with Crippen LogP contribution >= 0.6 is 0 Å². The number of allylic oxidation sites excluding steroid dienone is 4. The number of carbonyl (C=O) groups excluding carboxylic acids is 3. The zero-order valence-corrected chi connectivity index (χ0v) is 35.3. The number of unbranched alkanes of at least 4 members (excludes halogenated alkanes) is 26. The molecule has 0 saturated carbocycles. The molecule has 0 amide bonds. The van der Waals surface area contributed by atoms with E-state index in [1.807, 2.05) is 0 Å². The highest BCUT2D eigenvalue weighted by Gasteiger charge is 2.19. The minimum atomic E-state index is -0.768. The van der Waals surface area contributed by atoms with Crippen molar-refractivity contribution in [3.8, 4) is 0 Å². The topological polar surface area (TPSA) is 78.9 Å². The summed E-state index contributed by atoms with van der Waals surface area (Å²) in [5, 5.41) is 0. The maximum Gasteiger partial charge on any atom is 0.306 e. The predicted molar refractivity (Wildman–Crippen MR) is 224 cm³/mol. The fourth-order valence-electron chi connectivity index (χ4n) is 6.47. The van der Waals surface area contributed by atoms with Gasteiger partial charge in [0.2, 0.25) is 0 Å². The van der Waals surface area contributed by atoms with Crippen molar-refractivity contribution < 1.29 is 28.6 Å². The lowest BCUT2D eigenvalue weighted by Gasteiger charge is -2.18. The Morgan fingerprint density at radius 3 is 1.08 bits per heavy atom. The normalized spacial score (nSPS) is 12.1. The van der Waals surface area contributed by atoms with E-state index in [1.54, 1.807) is 0 Å². The van der Waals surface area contributed by atoms with Crippen molar-refractivity contribution in [3.63, 3.8) is 0 Å². The Bertz CT molecular complexity index is 865. The summed E-state index contributed by atoms with van der Waals surface area (Å²) < 4.78 is 16.7. The fourth-order valence-corrected chi connectivity index (χ4v) is 6.47. The molecule has 6 nitrogen and oxygen atoms in total. The van der Waals surface area contributed by atoms with Gasteiger partial charge in [0.25, 0.3) is 0 Å². The van der Waals surface area contributed by atoms with Crippen LogP contribution in [0.15, 0.2) is 24.3 Å². The number of carbonyl (C=O) groups is 3. The molecular formula is C47H86O6. The van der Waals surface area contributed by atoms with E-state index in [1.165, 1.54) is 122 Å². The molecule has 0 saturated heterocycles. The average Bonchev–Trinajstić information content (AvgIpc) is 3.15. The number of ether oxygens (including phenoxy) is 3. The fraction of sp³-hybridized carbons (Fsp3) is 0.851. The highest BCUT2D eigenvalue weighted by molar-refractivity contribution is 5.71. The second-order valence-corrected chi connectivity index (χ2v) is 15.3. The van der Waals surface area contributed by atoms with Crippen molar-refractivity contribution in [2.24, 2.45) is 0 Å². The summed E-state index contributed by atoms with van der Waals surface area (Å²) in [5.74, 6) is -0.885. The molecule has 0 aromatic heterocycles. The van der Waals surface area contributed by atoms with E-state index in [9.17, 15) is 14.4 Å². The third kappa shape index (κ3) is 40.9. The van der Waals surface area contributed by atoms with E-state index in [0.29, 0.717) is 19.3 Å². The van der Waals surface area contributed by atoms with Gasteiger partial charge in [0.15, 0.2) is 6.10 Å². The standard InChI is InChI=1S/C47H86O6/c1-4-7-10-13-16-19-21-22-23-24-26-28-31-34-37-40-46(49)52-43-44(42-51-45(48)39-36-33-30-27-18-15-12-9-6-3)53-47(50)41-38-35-32-29-25-20-17-14-11-8-5-2/h16,19,22-23,44H,4-15,17-18,20-21,24-43H2,1-3H3/b19-16-,23-22-. The highest BCUT2D eigenvalue weighted by atomic mass is 16.6. The molecule has 0 aliphatic heterocycles. The summed E-state index contributed by atoms with van der Waals surface area (Å²) in [6.45, 7) is 6.57. The summed E-state index contributed by atoms with van der Waals surface area (Å²) in [7, 11) is 0. The number of hydrogen-bond acceptors (Lipinski definition) is 6. The van der Waals surface area contributed by atoms with E-state index < -0.39 is 6.10 Å². The van der Waals surface area contributed by atoms with Crippen molar-refractivity contribution in [2.75, 3.05) is 13.2 Å². The van der Waals surface area contributed by atoms with Crippen molar-refractivity contribution in [1.82, 2.24) is 0 Å². The second kappa shape index (κ2) is 42.6. The van der Waals surface area contributed by atoms with Crippen LogP contribution in [0.25, 0.3) is 0 Å². The molecule has 1 atom stereocenters. The SMILES string of the molecule is CCCCC/C=C\C/C=C\CCCCCCCC(=O)OCC(COC(=O)CCCCCCCCCCC)OC(=O)CCCCCCCCCCCCC. The number of rotatable bonds is 41. The average molecular weight is 747 g/mol. The Hall–Kier alpha value is -2.11. The van der Waals surface area contributed by atoms with Crippen LogP contribution < -0.4 is 0 Å². The molecule has 0 radical (unpaired) electrons. The van der Waals surface area contributed by atoms with Gasteiger partial charge in [0.1, 0.15) is 13.2 Å². The van der Waals surface area contributed by atoms with Gasteiger partial charge >= 0.3 is 17.9 Å². The lowest BCUT2D eigenvalue weighted by molar-refractivity contribution is -0.167. The summed E-state index contributed by atoms with van der Waals surface area (Å²) in [6.07, 6.45) is 45.8. The van der Waals surface area contributed by atoms with Gasteiger partial charge in [-0.1, -0.05) is 193 Å². The van der Waals surface area contributed by atoms with Gasteiger partial charge in [-0.25, -0.2) is 0 Å². The molecule has 0 aliphatic rings. The van der Waals surface area contributed by atoms with Crippen molar-refractivity contribution in [3.05, 3.63) is 24.3 Å². The molecule has 53 heavy (non-hydrogen) atoms. The molecule has 0 spiro atoms. The Labute approximate surface area is 328 Å². The lowest BCUT2D eigenvalue weighted by atomic mass is 10.1. The van der Waals surface area contributed by atoms with Crippen LogP contribution in [-0.4, -0.2) is 37.2 Å². The first-order chi connectivity index (χ1) is 26.0. The molecule has 0 bridgehead atoms. The highest BCUT2D eigenvalue weighted by Crippen LogP contribution is 2.14. The minimum Gasteiger partial charge on any atom is -0.462 e. The molecule has 1 unspecified atom stereocenters. The van der Waals surface area contributed by atoms with Crippen LogP contribution in [0.5, 0.6) is 0 Å². The Morgan fingerprint density at radius 2 is 0.679 bits per heavy atom. The minimum absolute atomic E-state index is 0.0722. The zero-order chi connectivity index (χ0) is 38.7. The van der Waals surface area contributed by atoms with Gasteiger partial charge in [0.05, 0.1) is 0 Å². The maximum absolute atomic E-state index is 12.7. The Kier molecular flexibility index (Phi) is 40.9. The summed E-state index contributed by atoms with van der Waals surface area (Å²) >= 11 is 0. The largest absolute Gasteiger partial charge is 0.462 e. The zero-order valence-electron chi connectivity index (χ0n) is 35.3. The van der Waals surface area contributed by atoms with Gasteiger partial charge in [-0.05, 0) is 51.4 Å². The lowest BCUT2D eigenvalue weighted by Crippen LogP contribution is -2.30. The summed E-state index contributed by atoms with van der Waals surface area (Å²) in [6, 6.07) is 0. The summed E-state index contributed by atoms with van der Waals surface area (Å²) in [5.41, 5.74) is 0. The van der Waals surface area contributed by atoms with E-state index in [4.69, 9.17) is 14.2 Å². The van der Waals surface area contributed by atoms with Crippen LogP contribution in [0.1, 0.15) is 239 Å². The van der Waals surface area contributed by atoms with Crippen LogP contribution in [0.4, 0.5) is 0 Å². The molecule has 0 aliphatic carbocycles. The van der Waals surface area contributed by atoms with Gasteiger partial charge in [-0.2, -0.15) is 0 Å². The van der Waals surface area contributed by atoms with Gasteiger partial charge in [0, 0.05) is 19.3 Å². The van der Waals surface area contributed by atoms with Crippen LogP contribution in [0.3, 0.4) is 0 Å². The van der Waals surface area contributed by atoms with E-state index in [2.05, 4.69) is 45.1 Å². The Balaban J connectivity index is 4.34. The van der Waals surface area contributed by atoms with Crippen molar-refractivity contribution >= 4 is 17.9 Å². The van der Waals surface area contributed by atoms with Crippen LogP contribution in [0, 0.1) is 0 Å². The first-order valence-corrected chi connectivity index (χ1v) is 22.8. The van der Waals surface area contributed by atoms with E-state index in [-0.39, 0.29) is 31.1 Å². The molecule has 0 rings (SSSR count). The predicted octanol–water partition coefficient (Wildman–Crippen LogP) is 14.4. The molecule has 0 aromatic carbocycles. The molecule has 0 aromatic rings. The summed E-state index contributed by atoms with van der Waals surface area (Å²) in [4.78, 5) is 37.6. The number of hydrogen-bond donors (Lipinski definition) is 0. The molecular weight excluding hydrogens is 661 g/mol. The first-order valence-electron chi connectivity index (χ1n) is 22.8. The van der Waals surface area contributed by atoms with Crippen LogP contribution in [-0.2, 0) is 28.6 Å². The van der Waals surface area contributed by atoms with Crippen LogP contribution in [0.2, 0.25) is 0 Å². The van der Waals surface area contributed by atoms with Crippen molar-refractivity contribution in [1.29, 1.82) is 0 Å². The van der Waals surface area contributed by atoms with E-state index >= 15 is 0 Å². The molecule has 0 N–H and O–H groups in total. The smallest absolute Gasteiger partial charge is 0.306 e. The maximum atomic E-state index is 12.7. The van der Waals surface area contributed by atoms with E-state index in [0.717, 1.165) is 77.0 Å². The second-order valence-electron chi connectivity index (χ2n) is 15.3. The molecule has 0 heterocycles. The van der Waals surface area contributed by atoms with Crippen molar-refractivity contribution in [2.45, 2.75) is 245 Å². The van der Waals surface area contributed by atoms with Gasteiger partial charge in [-0.15, -0.1) is 0 Å². The molecule has 0 fully saturated rings. The van der Waals surface area contributed by atoms with Gasteiger partial charge < -0.3 is 14.2 Å².